The summed E-state index contributed by atoms with van der Waals surface area (Å²) >= 11 is 0. The van der Waals surface area contributed by atoms with E-state index in [4.69, 9.17) is 6.42 Å². The first kappa shape index (κ1) is 11.7. The zero-order valence-corrected chi connectivity index (χ0v) is 8.95. The van der Waals surface area contributed by atoms with E-state index in [2.05, 4.69) is 11.2 Å². The van der Waals surface area contributed by atoms with Crippen LogP contribution in [-0.2, 0) is 9.59 Å². The number of likely N-dealkylation sites (tertiary alicyclic amines) is 1. The first-order chi connectivity index (χ1) is 7.20. The predicted molar refractivity (Wildman–Crippen MR) is 56.9 cm³/mol. The Morgan fingerprint density at radius 2 is 2.33 bits per heavy atom. The maximum Gasteiger partial charge on any atom is 0.246 e. The van der Waals surface area contributed by atoms with Crippen molar-refractivity contribution in [2.24, 2.45) is 0 Å². The predicted octanol–water partition coefficient (Wildman–Crippen LogP) is 0.137. The molecule has 0 aromatic rings. The van der Waals surface area contributed by atoms with E-state index < -0.39 is 0 Å². The smallest absolute Gasteiger partial charge is 0.246 e. The molecular weight excluding hydrogens is 192 g/mol. The van der Waals surface area contributed by atoms with Gasteiger partial charge in [0.2, 0.25) is 11.8 Å². The van der Waals surface area contributed by atoms with Gasteiger partial charge in [-0.25, -0.2) is 0 Å². The lowest BCUT2D eigenvalue weighted by Crippen LogP contribution is -2.39. The number of imide groups is 1. The maximum absolute atomic E-state index is 11.7. The Bertz CT molecular complexity index is 293. The van der Waals surface area contributed by atoms with Crippen molar-refractivity contribution in [3.8, 4) is 12.3 Å². The molecule has 1 aliphatic rings. The molecule has 1 fully saturated rings. The van der Waals surface area contributed by atoms with Crippen LogP contribution < -0.4 is 5.32 Å². The van der Waals surface area contributed by atoms with Crippen molar-refractivity contribution in [1.82, 2.24) is 10.2 Å². The fraction of sp³-hybridized carbons (Fsp3) is 0.636. The molecule has 82 valence electrons. The van der Waals surface area contributed by atoms with Crippen LogP contribution in [0.4, 0.5) is 0 Å². The summed E-state index contributed by atoms with van der Waals surface area (Å²) in [5.41, 5.74) is 0. The van der Waals surface area contributed by atoms with Crippen LogP contribution in [0.1, 0.15) is 26.2 Å². The minimum Gasteiger partial charge on any atom is -0.304 e. The third-order valence-electron chi connectivity index (χ3n) is 2.35. The highest BCUT2D eigenvalue weighted by molar-refractivity contribution is 6.05. The zero-order valence-electron chi connectivity index (χ0n) is 8.95. The molecule has 0 aliphatic carbocycles. The monoisotopic (exact) mass is 208 g/mol. The molecule has 1 atom stereocenters. The quantitative estimate of drug-likeness (QED) is 0.397. The van der Waals surface area contributed by atoms with Crippen molar-refractivity contribution in [2.75, 3.05) is 13.1 Å². The Labute approximate surface area is 90.0 Å². The summed E-state index contributed by atoms with van der Waals surface area (Å²) in [5, 5.41) is 3.00. The summed E-state index contributed by atoms with van der Waals surface area (Å²) in [7, 11) is 0. The van der Waals surface area contributed by atoms with Gasteiger partial charge in [-0.2, -0.15) is 0 Å². The van der Waals surface area contributed by atoms with Gasteiger partial charge in [-0.1, -0.05) is 6.92 Å². The highest BCUT2D eigenvalue weighted by Crippen LogP contribution is 2.13. The number of nitrogens with one attached hydrogen (secondary N) is 1. The zero-order chi connectivity index (χ0) is 11.3. The van der Waals surface area contributed by atoms with Gasteiger partial charge in [0.05, 0.1) is 12.5 Å². The molecule has 0 aromatic carbocycles. The van der Waals surface area contributed by atoms with Crippen molar-refractivity contribution in [2.45, 2.75) is 32.2 Å². The van der Waals surface area contributed by atoms with Gasteiger partial charge in [-0.3, -0.25) is 14.5 Å². The topological polar surface area (TPSA) is 49.4 Å². The van der Waals surface area contributed by atoms with Gasteiger partial charge >= 0.3 is 0 Å². The Morgan fingerprint density at radius 1 is 1.60 bits per heavy atom. The number of terminal acetylenes is 1. The van der Waals surface area contributed by atoms with E-state index in [1.807, 2.05) is 6.92 Å². The van der Waals surface area contributed by atoms with Gasteiger partial charge in [0.25, 0.3) is 0 Å². The van der Waals surface area contributed by atoms with E-state index in [1.54, 1.807) is 0 Å². The summed E-state index contributed by atoms with van der Waals surface area (Å²) in [6.45, 7) is 3.05. The molecule has 0 aromatic heterocycles. The molecule has 1 heterocycles. The number of hydrogen-bond donors (Lipinski definition) is 1. The SMILES string of the molecule is C#CCCNC1CC(=O)N(CCC)C1=O. The Hall–Kier alpha value is -1.34. The summed E-state index contributed by atoms with van der Waals surface area (Å²) in [4.78, 5) is 24.5. The molecule has 15 heavy (non-hydrogen) atoms. The van der Waals surface area contributed by atoms with Crippen LogP contribution >= 0.6 is 0 Å². The molecule has 4 nitrogen and oxygen atoms in total. The van der Waals surface area contributed by atoms with Gasteiger partial charge in [0.15, 0.2) is 0 Å². The largest absolute Gasteiger partial charge is 0.304 e. The van der Waals surface area contributed by atoms with E-state index >= 15 is 0 Å². The van der Waals surface area contributed by atoms with E-state index in [9.17, 15) is 9.59 Å². The highest BCUT2D eigenvalue weighted by atomic mass is 16.2. The number of hydrogen-bond acceptors (Lipinski definition) is 3. The number of carbonyl (C=O) groups excluding carboxylic acids is 2. The first-order valence-electron chi connectivity index (χ1n) is 5.21. The van der Waals surface area contributed by atoms with Crippen LogP contribution in [0.5, 0.6) is 0 Å². The lowest BCUT2D eigenvalue weighted by Gasteiger charge is -2.13. The summed E-state index contributed by atoms with van der Waals surface area (Å²) in [5.74, 6) is 2.29. The number of carbonyl (C=O) groups is 2. The third kappa shape index (κ3) is 2.80. The second-order valence-electron chi connectivity index (χ2n) is 3.55. The summed E-state index contributed by atoms with van der Waals surface area (Å²) in [6.07, 6.45) is 6.74. The van der Waals surface area contributed by atoms with Crippen molar-refractivity contribution in [3.05, 3.63) is 0 Å². The van der Waals surface area contributed by atoms with E-state index in [0.717, 1.165) is 6.42 Å². The molecule has 0 radical (unpaired) electrons. The molecule has 1 N–H and O–H groups in total. The summed E-state index contributed by atoms with van der Waals surface area (Å²) < 4.78 is 0. The van der Waals surface area contributed by atoms with E-state index in [0.29, 0.717) is 19.5 Å². The fourth-order valence-electron chi connectivity index (χ4n) is 1.62. The third-order valence-corrected chi connectivity index (χ3v) is 2.35. The molecule has 4 heteroatoms. The average molecular weight is 208 g/mol. The standard InChI is InChI=1S/C11H16N2O2/c1-3-5-6-12-9-8-10(14)13(7-4-2)11(9)15/h1,9,12H,4-8H2,2H3. The van der Waals surface area contributed by atoms with Crippen LogP contribution in [0.3, 0.4) is 0 Å². The van der Waals surface area contributed by atoms with Crippen LogP contribution in [0, 0.1) is 12.3 Å². The molecule has 0 bridgehead atoms. The van der Waals surface area contributed by atoms with Crippen molar-refractivity contribution in [3.63, 3.8) is 0 Å². The second kappa shape index (κ2) is 5.52. The van der Waals surface area contributed by atoms with Crippen molar-refractivity contribution < 1.29 is 9.59 Å². The number of amides is 2. The number of nitrogens with zero attached hydrogens (tertiary/aromatic N) is 1. The van der Waals surface area contributed by atoms with Gasteiger partial charge < -0.3 is 5.32 Å². The fourth-order valence-corrected chi connectivity index (χ4v) is 1.62. The van der Waals surface area contributed by atoms with Crippen LogP contribution in [0.25, 0.3) is 0 Å². The number of rotatable bonds is 5. The second-order valence-corrected chi connectivity index (χ2v) is 3.55. The first-order valence-corrected chi connectivity index (χ1v) is 5.21. The Kier molecular flexibility index (Phi) is 4.32. The molecule has 0 spiro atoms. The minimum atomic E-state index is -0.364. The van der Waals surface area contributed by atoms with E-state index in [-0.39, 0.29) is 24.3 Å². The average Bonchev–Trinajstić information content (AvgIpc) is 2.47. The Morgan fingerprint density at radius 3 is 2.93 bits per heavy atom. The molecule has 2 amide bonds. The van der Waals surface area contributed by atoms with Gasteiger partial charge in [-0.05, 0) is 6.42 Å². The highest BCUT2D eigenvalue weighted by Gasteiger charge is 2.37. The Balaban J connectivity index is 2.46. The molecule has 1 unspecified atom stereocenters. The summed E-state index contributed by atoms with van der Waals surface area (Å²) in [6, 6.07) is -0.364. The molecule has 1 saturated heterocycles. The lowest BCUT2D eigenvalue weighted by molar-refractivity contribution is -0.138. The van der Waals surface area contributed by atoms with Crippen molar-refractivity contribution >= 4 is 11.8 Å². The maximum atomic E-state index is 11.7. The van der Waals surface area contributed by atoms with Gasteiger partial charge in [0, 0.05) is 19.5 Å². The van der Waals surface area contributed by atoms with Gasteiger partial charge in [0.1, 0.15) is 0 Å². The molecule has 0 saturated carbocycles. The van der Waals surface area contributed by atoms with Crippen LogP contribution in [0.15, 0.2) is 0 Å². The van der Waals surface area contributed by atoms with Gasteiger partial charge in [-0.15, -0.1) is 12.3 Å². The van der Waals surface area contributed by atoms with E-state index in [1.165, 1.54) is 4.90 Å². The normalized spacial score (nSPS) is 20.8. The van der Waals surface area contributed by atoms with Crippen LogP contribution in [-0.4, -0.2) is 35.8 Å². The lowest BCUT2D eigenvalue weighted by atomic mass is 10.2. The molecule has 1 aliphatic heterocycles. The van der Waals surface area contributed by atoms with Crippen molar-refractivity contribution in [1.29, 1.82) is 0 Å². The minimum absolute atomic E-state index is 0.0833. The van der Waals surface area contributed by atoms with Crippen LogP contribution in [0.2, 0.25) is 0 Å². The molecular formula is C11H16N2O2. The molecule has 1 rings (SSSR count).